The minimum absolute atomic E-state index is 0.139. The van der Waals surface area contributed by atoms with Crippen molar-refractivity contribution in [1.82, 2.24) is 0 Å². The fourth-order valence-electron chi connectivity index (χ4n) is 1.35. The zero-order valence-corrected chi connectivity index (χ0v) is 8.16. The molecule has 0 amide bonds. The van der Waals surface area contributed by atoms with E-state index >= 15 is 0 Å². The summed E-state index contributed by atoms with van der Waals surface area (Å²) >= 11 is 0. The molecule has 2 unspecified atom stereocenters. The fourth-order valence-corrected chi connectivity index (χ4v) is 1.35. The number of hydrogen-bond acceptors (Lipinski definition) is 1. The quantitative estimate of drug-likeness (QED) is 0.605. The SMILES string of the molecule is C=CC(CCC)C(C)C=CCO. The van der Waals surface area contributed by atoms with Gasteiger partial charge in [0.15, 0.2) is 0 Å². The van der Waals surface area contributed by atoms with Crippen molar-refractivity contribution in [3.63, 3.8) is 0 Å². The van der Waals surface area contributed by atoms with Crippen LogP contribution in [0.3, 0.4) is 0 Å². The highest BCUT2D eigenvalue weighted by atomic mass is 16.2. The summed E-state index contributed by atoms with van der Waals surface area (Å²) in [5.41, 5.74) is 0. The van der Waals surface area contributed by atoms with Crippen molar-refractivity contribution in [1.29, 1.82) is 0 Å². The smallest absolute Gasteiger partial charge is 0.0612 e. The number of rotatable bonds is 6. The molecule has 12 heavy (non-hydrogen) atoms. The number of allylic oxidation sites excluding steroid dienone is 2. The van der Waals surface area contributed by atoms with Gasteiger partial charge in [0.25, 0.3) is 0 Å². The molecule has 0 aromatic rings. The van der Waals surface area contributed by atoms with Crippen LogP contribution in [0.25, 0.3) is 0 Å². The highest BCUT2D eigenvalue weighted by Gasteiger charge is 2.08. The Morgan fingerprint density at radius 3 is 2.58 bits per heavy atom. The van der Waals surface area contributed by atoms with Gasteiger partial charge in [-0.25, -0.2) is 0 Å². The van der Waals surface area contributed by atoms with Gasteiger partial charge >= 0.3 is 0 Å². The van der Waals surface area contributed by atoms with Crippen LogP contribution in [0.5, 0.6) is 0 Å². The Kier molecular flexibility index (Phi) is 6.78. The maximum Gasteiger partial charge on any atom is 0.0612 e. The van der Waals surface area contributed by atoms with E-state index in [0.29, 0.717) is 11.8 Å². The molecule has 1 N–H and O–H groups in total. The van der Waals surface area contributed by atoms with Crippen LogP contribution in [0.1, 0.15) is 26.7 Å². The lowest BCUT2D eigenvalue weighted by molar-refractivity contribution is 0.340. The van der Waals surface area contributed by atoms with Crippen LogP contribution in [0.2, 0.25) is 0 Å². The molecule has 0 heterocycles. The zero-order chi connectivity index (χ0) is 9.40. The van der Waals surface area contributed by atoms with Crippen LogP contribution in [0.4, 0.5) is 0 Å². The van der Waals surface area contributed by atoms with Crippen LogP contribution in [0.15, 0.2) is 24.8 Å². The van der Waals surface area contributed by atoms with E-state index in [0.717, 1.165) is 0 Å². The second-order valence-electron chi connectivity index (χ2n) is 3.16. The molecule has 0 aliphatic heterocycles. The summed E-state index contributed by atoms with van der Waals surface area (Å²) in [6.45, 7) is 8.29. The molecule has 0 saturated heterocycles. The molecule has 70 valence electrons. The van der Waals surface area contributed by atoms with E-state index in [1.807, 2.05) is 6.08 Å². The predicted molar refractivity (Wildman–Crippen MR) is 54.0 cm³/mol. The molecule has 1 nitrogen and oxygen atoms in total. The van der Waals surface area contributed by atoms with Gasteiger partial charge in [-0.1, -0.05) is 38.5 Å². The largest absolute Gasteiger partial charge is 0.392 e. The zero-order valence-electron chi connectivity index (χ0n) is 8.16. The van der Waals surface area contributed by atoms with Gasteiger partial charge in [0.1, 0.15) is 0 Å². The predicted octanol–water partition coefficient (Wildman–Crippen LogP) is 2.77. The molecule has 0 aromatic heterocycles. The van der Waals surface area contributed by atoms with Gasteiger partial charge < -0.3 is 5.11 Å². The Morgan fingerprint density at radius 1 is 1.50 bits per heavy atom. The molecule has 0 rings (SSSR count). The Morgan fingerprint density at radius 2 is 2.17 bits per heavy atom. The topological polar surface area (TPSA) is 20.2 Å². The van der Waals surface area contributed by atoms with Gasteiger partial charge in [-0.05, 0) is 18.3 Å². The van der Waals surface area contributed by atoms with E-state index in [1.54, 1.807) is 6.08 Å². The second-order valence-corrected chi connectivity index (χ2v) is 3.16. The summed E-state index contributed by atoms with van der Waals surface area (Å²) in [7, 11) is 0. The summed E-state index contributed by atoms with van der Waals surface area (Å²) in [6, 6.07) is 0. The third kappa shape index (κ3) is 4.35. The summed E-state index contributed by atoms with van der Waals surface area (Å²) < 4.78 is 0. The average molecular weight is 168 g/mol. The molecule has 0 radical (unpaired) electrons. The van der Waals surface area contributed by atoms with Gasteiger partial charge in [-0.15, -0.1) is 6.58 Å². The average Bonchev–Trinajstić information content (AvgIpc) is 2.10. The normalized spacial score (nSPS) is 16.2. The van der Waals surface area contributed by atoms with Crippen LogP contribution in [0, 0.1) is 11.8 Å². The van der Waals surface area contributed by atoms with Crippen molar-refractivity contribution in [2.75, 3.05) is 6.61 Å². The third-order valence-electron chi connectivity index (χ3n) is 2.15. The maximum absolute atomic E-state index is 8.59. The molecular weight excluding hydrogens is 148 g/mol. The van der Waals surface area contributed by atoms with E-state index in [9.17, 15) is 0 Å². The first-order valence-corrected chi connectivity index (χ1v) is 4.66. The molecule has 0 saturated carbocycles. The van der Waals surface area contributed by atoms with E-state index in [1.165, 1.54) is 12.8 Å². The minimum atomic E-state index is 0.139. The van der Waals surface area contributed by atoms with Crippen LogP contribution in [-0.2, 0) is 0 Å². The Hall–Kier alpha value is -0.560. The van der Waals surface area contributed by atoms with Gasteiger partial charge in [0.2, 0.25) is 0 Å². The van der Waals surface area contributed by atoms with Gasteiger partial charge in [-0.2, -0.15) is 0 Å². The lowest BCUT2D eigenvalue weighted by atomic mass is 9.90. The van der Waals surface area contributed by atoms with Gasteiger partial charge in [0, 0.05) is 0 Å². The van der Waals surface area contributed by atoms with E-state index in [-0.39, 0.29) is 6.61 Å². The summed E-state index contributed by atoms with van der Waals surface area (Å²) in [4.78, 5) is 0. The van der Waals surface area contributed by atoms with E-state index in [4.69, 9.17) is 5.11 Å². The highest BCUT2D eigenvalue weighted by molar-refractivity contribution is 4.94. The summed E-state index contributed by atoms with van der Waals surface area (Å²) in [5, 5.41) is 8.59. The van der Waals surface area contributed by atoms with Crippen molar-refractivity contribution in [2.24, 2.45) is 11.8 Å². The van der Waals surface area contributed by atoms with Gasteiger partial charge in [-0.3, -0.25) is 0 Å². The summed E-state index contributed by atoms with van der Waals surface area (Å²) in [5.74, 6) is 1.05. The molecule has 0 aliphatic rings. The molecule has 0 fully saturated rings. The second kappa shape index (κ2) is 7.11. The fraction of sp³-hybridized carbons (Fsp3) is 0.636. The number of aliphatic hydroxyl groups excluding tert-OH is 1. The standard InChI is InChI=1S/C11H20O/c1-4-7-11(5-2)10(3)8-6-9-12/h5-6,8,10-12H,2,4,7,9H2,1,3H3. The van der Waals surface area contributed by atoms with Crippen LogP contribution in [-0.4, -0.2) is 11.7 Å². The van der Waals surface area contributed by atoms with E-state index in [2.05, 4.69) is 26.5 Å². The number of aliphatic hydroxyl groups is 1. The lowest BCUT2D eigenvalue weighted by Gasteiger charge is -2.16. The van der Waals surface area contributed by atoms with Crippen molar-refractivity contribution in [3.8, 4) is 0 Å². The highest BCUT2D eigenvalue weighted by Crippen LogP contribution is 2.19. The van der Waals surface area contributed by atoms with Gasteiger partial charge in [0.05, 0.1) is 6.61 Å². The number of hydrogen-bond donors (Lipinski definition) is 1. The summed E-state index contributed by atoms with van der Waals surface area (Å²) in [6.07, 6.45) is 8.24. The Balaban J connectivity index is 3.92. The first kappa shape index (κ1) is 11.4. The van der Waals surface area contributed by atoms with Crippen molar-refractivity contribution in [3.05, 3.63) is 24.8 Å². The maximum atomic E-state index is 8.59. The molecule has 0 bridgehead atoms. The third-order valence-corrected chi connectivity index (χ3v) is 2.15. The molecule has 1 heteroatoms. The van der Waals surface area contributed by atoms with E-state index < -0.39 is 0 Å². The monoisotopic (exact) mass is 168 g/mol. The Labute approximate surface area is 75.8 Å². The lowest BCUT2D eigenvalue weighted by Crippen LogP contribution is -2.06. The van der Waals surface area contributed by atoms with Crippen LogP contribution >= 0.6 is 0 Å². The van der Waals surface area contributed by atoms with Crippen LogP contribution < -0.4 is 0 Å². The minimum Gasteiger partial charge on any atom is -0.392 e. The molecule has 2 atom stereocenters. The molecule has 0 aliphatic carbocycles. The molecule has 0 aromatic carbocycles. The van der Waals surface area contributed by atoms with Crippen molar-refractivity contribution < 1.29 is 5.11 Å². The Bertz CT molecular complexity index is 138. The molecule has 0 spiro atoms. The molecular formula is C11H20O. The van der Waals surface area contributed by atoms with Crippen molar-refractivity contribution >= 4 is 0 Å². The van der Waals surface area contributed by atoms with Crippen molar-refractivity contribution in [2.45, 2.75) is 26.7 Å². The first-order chi connectivity index (χ1) is 5.76. The first-order valence-electron chi connectivity index (χ1n) is 4.66.